The minimum Gasteiger partial charge on any atom is -0.300 e. The lowest BCUT2D eigenvalue weighted by atomic mass is 10.2. The number of rotatable bonds is 3. The van der Waals surface area contributed by atoms with E-state index in [0.29, 0.717) is 0 Å². The van der Waals surface area contributed by atoms with Gasteiger partial charge in [0.05, 0.1) is 6.10 Å². The molecule has 0 spiro atoms. The van der Waals surface area contributed by atoms with E-state index < -0.39 is 0 Å². The van der Waals surface area contributed by atoms with Crippen molar-refractivity contribution in [1.82, 2.24) is 4.90 Å². The Morgan fingerprint density at radius 2 is 1.94 bits per heavy atom. The highest BCUT2D eigenvalue weighted by atomic mass is 35.5. The first kappa shape index (κ1) is 15.7. The summed E-state index contributed by atoms with van der Waals surface area (Å²) in [6.07, 6.45) is 1.27. The van der Waals surface area contributed by atoms with E-state index in [1.807, 2.05) is 6.07 Å². The van der Waals surface area contributed by atoms with Crippen LogP contribution in [0.2, 0.25) is 0 Å². The Hall–Kier alpha value is -0.320. The number of nitrogens with two attached hydrogens (primary N) is 1. The molecule has 0 saturated carbocycles. The van der Waals surface area contributed by atoms with Crippen molar-refractivity contribution in [3.05, 3.63) is 35.9 Å². The fourth-order valence-electron chi connectivity index (χ4n) is 1.89. The summed E-state index contributed by atoms with van der Waals surface area (Å²) in [5.74, 6) is 5.16. The van der Waals surface area contributed by atoms with Crippen LogP contribution >= 0.6 is 24.8 Å². The van der Waals surface area contributed by atoms with Crippen molar-refractivity contribution in [2.24, 2.45) is 5.90 Å². The second kappa shape index (κ2) is 7.87. The molecular formula is C11H18Cl2N2O. The maximum atomic E-state index is 5.16. The largest absolute Gasteiger partial charge is 0.300 e. The smallest absolute Gasteiger partial charge is 0.0926 e. The first-order valence-corrected chi connectivity index (χ1v) is 5.00. The average molecular weight is 265 g/mol. The van der Waals surface area contributed by atoms with Crippen LogP contribution < -0.4 is 5.90 Å². The van der Waals surface area contributed by atoms with E-state index in [2.05, 4.69) is 29.2 Å². The quantitative estimate of drug-likeness (QED) is 0.849. The van der Waals surface area contributed by atoms with Crippen LogP contribution in [-0.2, 0) is 11.4 Å². The standard InChI is InChI=1S/C11H16N2O.2ClH/c12-14-11-6-7-13(9-11)8-10-4-2-1-3-5-10;;/h1-5,11H,6-9,12H2;2*1H. The molecule has 1 aliphatic heterocycles. The molecule has 1 unspecified atom stereocenters. The molecule has 16 heavy (non-hydrogen) atoms. The van der Waals surface area contributed by atoms with Crippen LogP contribution in [0, 0.1) is 0 Å². The van der Waals surface area contributed by atoms with Crippen molar-refractivity contribution in [3.8, 4) is 0 Å². The molecule has 5 heteroatoms. The molecule has 2 N–H and O–H groups in total. The summed E-state index contributed by atoms with van der Waals surface area (Å²) in [6, 6.07) is 10.5. The lowest BCUT2D eigenvalue weighted by Crippen LogP contribution is -2.24. The van der Waals surface area contributed by atoms with E-state index in [1.165, 1.54) is 5.56 Å². The molecule has 92 valence electrons. The minimum absolute atomic E-state index is 0. The van der Waals surface area contributed by atoms with Gasteiger partial charge in [0.25, 0.3) is 0 Å². The summed E-state index contributed by atoms with van der Waals surface area (Å²) in [5, 5.41) is 0. The van der Waals surface area contributed by atoms with Gasteiger partial charge in [0.1, 0.15) is 0 Å². The normalized spacial score (nSPS) is 19.9. The number of likely N-dealkylation sites (tertiary alicyclic amines) is 1. The van der Waals surface area contributed by atoms with Crippen LogP contribution in [0.4, 0.5) is 0 Å². The summed E-state index contributed by atoms with van der Waals surface area (Å²) in [4.78, 5) is 7.21. The Morgan fingerprint density at radius 1 is 1.25 bits per heavy atom. The monoisotopic (exact) mass is 264 g/mol. The number of halogens is 2. The molecule has 1 aromatic rings. The maximum Gasteiger partial charge on any atom is 0.0926 e. The van der Waals surface area contributed by atoms with Gasteiger partial charge >= 0.3 is 0 Å². The van der Waals surface area contributed by atoms with E-state index in [0.717, 1.165) is 26.1 Å². The molecule has 0 amide bonds. The predicted octanol–water partition coefficient (Wildman–Crippen LogP) is 1.99. The molecule has 0 radical (unpaired) electrons. The third-order valence-corrected chi connectivity index (χ3v) is 2.67. The van der Waals surface area contributed by atoms with Crippen LogP contribution in [-0.4, -0.2) is 24.1 Å². The highest BCUT2D eigenvalue weighted by molar-refractivity contribution is 5.85. The van der Waals surface area contributed by atoms with Gasteiger partial charge in [-0.25, -0.2) is 5.90 Å². The Labute approximate surface area is 109 Å². The molecular weight excluding hydrogens is 247 g/mol. The number of hydrogen-bond donors (Lipinski definition) is 1. The van der Waals surface area contributed by atoms with Crippen LogP contribution in [0.1, 0.15) is 12.0 Å². The lowest BCUT2D eigenvalue weighted by molar-refractivity contribution is 0.0589. The molecule has 1 saturated heterocycles. The second-order valence-corrected chi connectivity index (χ2v) is 3.77. The molecule has 1 aromatic carbocycles. The Bertz CT molecular complexity index is 285. The molecule has 0 aromatic heterocycles. The van der Waals surface area contributed by atoms with Gasteiger partial charge in [-0.1, -0.05) is 30.3 Å². The van der Waals surface area contributed by atoms with E-state index in [4.69, 9.17) is 10.7 Å². The average Bonchev–Trinajstić information content (AvgIpc) is 2.67. The van der Waals surface area contributed by atoms with Gasteiger partial charge in [0, 0.05) is 19.6 Å². The van der Waals surface area contributed by atoms with Gasteiger partial charge in [-0.15, -0.1) is 24.8 Å². The van der Waals surface area contributed by atoms with Gasteiger partial charge in [0.2, 0.25) is 0 Å². The molecule has 3 nitrogen and oxygen atoms in total. The lowest BCUT2D eigenvalue weighted by Gasteiger charge is -2.14. The van der Waals surface area contributed by atoms with Crippen molar-refractivity contribution < 1.29 is 4.84 Å². The zero-order valence-corrected chi connectivity index (χ0v) is 10.7. The Balaban J connectivity index is 0.00000112. The van der Waals surface area contributed by atoms with E-state index >= 15 is 0 Å². The Kier molecular flexibility index (Phi) is 7.72. The van der Waals surface area contributed by atoms with Crippen molar-refractivity contribution in [3.63, 3.8) is 0 Å². The molecule has 1 aliphatic rings. The fourth-order valence-corrected chi connectivity index (χ4v) is 1.89. The summed E-state index contributed by atoms with van der Waals surface area (Å²) in [6.45, 7) is 3.03. The number of nitrogens with zero attached hydrogens (tertiary/aromatic N) is 1. The molecule has 0 aliphatic carbocycles. The van der Waals surface area contributed by atoms with Crippen LogP contribution in [0.5, 0.6) is 0 Å². The van der Waals surface area contributed by atoms with Gasteiger partial charge in [-0.3, -0.25) is 9.74 Å². The van der Waals surface area contributed by atoms with Crippen LogP contribution in [0.3, 0.4) is 0 Å². The topological polar surface area (TPSA) is 38.5 Å². The summed E-state index contributed by atoms with van der Waals surface area (Å²) >= 11 is 0. The fraction of sp³-hybridized carbons (Fsp3) is 0.455. The van der Waals surface area contributed by atoms with Gasteiger partial charge in [0.15, 0.2) is 0 Å². The minimum atomic E-state index is 0. The predicted molar refractivity (Wildman–Crippen MR) is 69.9 cm³/mol. The summed E-state index contributed by atoms with van der Waals surface area (Å²) in [7, 11) is 0. The molecule has 2 rings (SSSR count). The van der Waals surface area contributed by atoms with Crippen LogP contribution in [0.25, 0.3) is 0 Å². The molecule has 0 bridgehead atoms. The van der Waals surface area contributed by atoms with Gasteiger partial charge in [-0.2, -0.15) is 0 Å². The summed E-state index contributed by atoms with van der Waals surface area (Å²) < 4.78 is 0. The number of benzene rings is 1. The molecule has 1 heterocycles. The molecule has 1 fully saturated rings. The van der Waals surface area contributed by atoms with E-state index in [-0.39, 0.29) is 30.9 Å². The molecule has 1 atom stereocenters. The van der Waals surface area contributed by atoms with Gasteiger partial charge < -0.3 is 0 Å². The summed E-state index contributed by atoms with van der Waals surface area (Å²) in [5.41, 5.74) is 1.35. The van der Waals surface area contributed by atoms with Gasteiger partial charge in [-0.05, 0) is 12.0 Å². The zero-order chi connectivity index (χ0) is 9.80. The van der Waals surface area contributed by atoms with Crippen molar-refractivity contribution in [1.29, 1.82) is 0 Å². The van der Waals surface area contributed by atoms with Crippen LogP contribution in [0.15, 0.2) is 30.3 Å². The SMILES string of the molecule is Cl.Cl.NOC1CCN(Cc2ccccc2)C1. The highest BCUT2D eigenvalue weighted by Crippen LogP contribution is 2.14. The Morgan fingerprint density at radius 3 is 2.50 bits per heavy atom. The third kappa shape index (κ3) is 4.28. The van der Waals surface area contributed by atoms with Crippen molar-refractivity contribution >= 4 is 24.8 Å². The van der Waals surface area contributed by atoms with Crippen molar-refractivity contribution in [2.45, 2.75) is 19.1 Å². The zero-order valence-electron chi connectivity index (χ0n) is 9.04. The van der Waals surface area contributed by atoms with E-state index in [1.54, 1.807) is 0 Å². The second-order valence-electron chi connectivity index (χ2n) is 3.77. The first-order valence-electron chi connectivity index (χ1n) is 5.00. The maximum absolute atomic E-state index is 5.16. The van der Waals surface area contributed by atoms with E-state index in [9.17, 15) is 0 Å². The van der Waals surface area contributed by atoms with Crippen molar-refractivity contribution in [2.75, 3.05) is 13.1 Å². The third-order valence-electron chi connectivity index (χ3n) is 2.67. The highest BCUT2D eigenvalue weighted by Gasteiger charge is 2.22. The first-order chi connectivity index (χ1) is 6.88. The number of hydrogen-bond acceptors (Lipinski definition) is 3.